The zero-order valence-corrected chi connectivity index (χ0v) is 12.2. The zero-order valence-electron chi connectivity index (χ0n) is 12.2. The van der Waals surface area contributed by atoms with Gasteiger partial charge in [-0.05, 0) is 38.1 Å². The van der Waals surface area contributed by atoms with Crippen molar-refractivity contribution in [3.8, 4) is 11.3 Å². The van der Waals surface area contributed by atoms with Gasteiger partial charge in [0.1, 0.15) is 11.6 Å². The Hall–Kier alpha value is -2.37. The van der Waals surface area contributed by atoms with E-state index in [1.165, 1.54) is 12.1 Å². The summed E-state index contributed by atoms with van der Waals surface area (Å²) in [5.74, 6) is -0.0155. The number of nitrogens with one attached hydrogen (secondary N) is 1. The molecule has 1 amide bonds. The van der Waals surface area contributed by atoms with Crippen molar-refractivity contribution < 1.29 is 9.18 Å². The highest BCUT2D eigenvalue weighted by atomic mass is 19.1. The van der Waals surface area contributed by atoms with Crippen molar-refractivity contribution in [2.75, 3.05) is 18.8 Å². The third-order valence-electron chi connectivity index (χ3n) is 3.48. The molecule has 2 rings (SSSR count). The van der Waals surface area contributed by atoms with Gasteiger partial charge in [0, 0.05) is 24.2 Å². The Balaban J connectivity index is 2.30. The molecular weight excluding hydrogens is 271 g/mol. The largest absolute Gasteiger partial charge is 0.382 e. The molecule has 0 aliphatic heterocycles. The molecule has 2 aromatic rings. The first-order valence-electron chi connectivity index (χ1n) is 6.93. The predicted molar refractivity (Wildman–Crippen MR) is 80.0 cm³/mol. The molecule has 0 aliphatic carbocycles. The monoisotopic (exact) mass is 290 g/mol. The van der Waals surface area contributed by atoms with Gasteiger partial charge in [-0.15, -0.1) is 0 Å². The van der Waals surface area contributed by atoms with Crippen LogP contribution in [0.1, 0.15) is 19.4 Å². The fourth-order valence-corrected chi connectivity index (χ4v) is 2.25. The summed E-state index contributed by atoms with van der Waals surface area (Å²) in [4.78, 5) is 14.0. The molecule has 112 valence electrons. The molecule has 1 aromatic carbocycles. The molecule has 0 unspecified atom stereocenters. The second kappa shape index (κ2) is 6.39. The average molecular weight is 290 g/mol. The van der Waals surface area contributed by atoms with Crippen LogP contribution in [0, 0.1) is 5.82 Å². The second-order valence-corrected chi connectivity index (χ2v) is 4.71. The number of carbonyl (C=O) groups is 1. The number of halogens is 1. The maximum atomic E-state index is 13.0. The van der Waals surface area contributed by atoms with Crippen LogP contribution in [0.25, 0.3) is 11.3 Å². The molecule has 21 heavy (non-hydrogen) atoms. The highest BCUT2D eigenvalue weighted by Gasteiger charge is 2.18. The van der Waals surface area contributed by atoms with E-state index in [1.807, 2.05) is 13.8 Å². The van der Waals surface area contributed by atoms with Gasteiger partial charge in [-0.25, -0.2) is 4.39 Å². The summed E-state index contributed by atoms with van der Waals surface area (Å²) in [6.45, 7) is 5.17. The van der Waals surface area contributed by atoms with E-state index in [1.54, 1.807) is 17.0 Å². The Morgan fingerprint density at radius 3 is 2.48 bits per heavy atom. The van der Waals surface area contributed by atoms with Crippen molar-refractivity contribution in [2.45, 2.75) is 20.3 Å². The SMILES string of the molecule is CCN(CC)C(=O)Cc1c(N)n[nH]c1-c1ccc(F)cc1. The molecule has 0 saturated heterocycles. The van der Waals surface area contributed by atoms with E-state index in [0.717, 1.165) is 5.56 Å². The lowest BCUT2D eigenvalue weighted by Gasteiger charge is -2.18. The number of anilines is 1. The number of H-pyrrole nitrogens is 1. The van der Waals surface area contributed by atoms with E-state index in [2.05, 4.69) is 10.2 Å². The number of benzene rings is 1. The number of hydrogen-bond donors (Lipinski definition) is 2. The molecule has 0 aliphatic rings. The molecular formula is C15H19FN4O. The summed E-state index contributed by atoms with van der Waals surface area (Å²) < 4.78 is 13.0. The number of nitrogens with zero attached hydrogens (tertiary/aromatic N) is 2. The second-order valence-electron chi connectivity index (χ2n) is 4.71. The fourth-order valence-electron chi connectivity index (χ4n) is 2.25. The maximum Gasteiger partial charge on any atom is 0.227 e. The number of aromatic amines is 1. The minimum absolute atomic E-state index is 0.00328. The summed E-state index contributed by atoms with van der Waals surface area (Å²) >= 11 is 0. The quantitative estimate of drug-likeness (QED) is 0.886. The van der Waals surface area contributed by atoms with E-state index in [-0.39, 0.29) is 18.1 Å². The van der Waals surface area contributed by atoms with Crippen LogP contribution in [0.3, 0.4) is 0 Å². The number of hydrogen-bond acceptors (Lipinski definition) is 3. The molecule has 1 heterocycles. The highest BCUT2D eigenvalue weighted by Crippen LogP contribution is 2.26. The van der Waals surface area contributed by atoms with Gasteiger partial charge in [0.2, 0.25) is 5.91 Å². The van der Waals surface area contributed by atoms with Gasteiger partial charge in [0.25, 0.3) is 0 Å². The van der Waals surface area contributed by atoms with Crippen molar-refractivity contribution in [3.05, 3.63) is 35.6 Å². The molecule has 0 bridgehead atoms. The summed E-state index contributed by atoms with van der Waals surface area (Å²) in [5, 5.41) is 6.79. The van der Waals surface area contributed by atoms with Crippen LogP contribution >= 0.6 is 0 Å². The minimum Gasteiger partial charge on any atom is -0.382 e. The van der Waals surface area contributed by atoms with Crippen LogP contribution in [0.5, 0.6) is 0 Å². The van der Waals surface area contributed by atoms with Gasteiger partial charge in [0.15, 0.2) is 0 Å². The Morgan fingerprint density at radius 2 is 1.90 bits per heavy atom. The molecule has 1 aromatic heterocycles. The van der Waals surface area contributed by atoms with Crippen LogP contribution in [-0.2, 0) is 11.2 Å². The van der Waals surface area contributed by atoms with Crippen molar-refractivity contribution in [1.29, 1.82) is 0 Å². The molecule has 0 atom stereocenters. The topological polar surface area (TPSA) is 75.0 Å². The number of amides is 1. The first kappa shape index (κ1) is 15.0. The Morgan fingerprint density at radius 1 is 1.29 bits per heavy atom. The number of carbonyl (C=O) groups excluding carboxylic acids is 1. The standard InChI is InChI=1S/C15H19FN4O/c1-3-20(4-2)13(21)9-12-14(18-19-15(12)17)10-5-7-11(16)8-6-10/h5-8H,3-4,9H2,1-2H3,(H3,17,18,19). The summed E-state index contributed by atoms with van der Waals surface area (Å²) in [5.41, 5.74) is 7.92. The molecule has 0 radical (unpaired) electrons. The normalized spacial score (nSPS) is 10.6. The summed E-state index contributed by atoms with van der Waals surface area (Å²) in [7, 11) is 0. The van der Waals surface area contributed by atoms with E-state index in [4.69, 9.17) is 5.73 Å². The smallest absolute Gasteiger partial charge is 0.227 e. The van der Waals surface area contributed by atoms with E-state index in [0.29, 0.717) is 30.2 Å². The lowest BCUT2D eigenvalue weighted by atomic mass is 10.0. The first-order valence-corrected chi connectivity index (χ1v) is 6.93. The lowest BCUT2D eigenvalue weighted by Crippen LogP contribution is -2.32. The molecule has 0 spiro atoms. The highest BCUT2D eigenvalue weighted by molar-refractivity contribution is 5.83. The van der Waals surface area contributed by atoms with Crippen molar-refractivity contribution in [3.63, 3.8) is 0 Å². The summed E-state index contributed by atoms with van der Waals surface area (Å²) in [6.07, 6.45) is 0.177. The number of rotatable bonds is 5. The van der Waals surface area contributed by atoms with Gasteiger partial charge in [0.05, 0.1) is 12.1 Å². The molecule has 0 fully saturated rings. The van der Waals surface area contributed by atoms with Crippen LogP contribution in [0.2, 0.25) is 0 Å². The van der Waals surface area contributed by atoms with E-state index >= 15 is 0 Å². The van der Waals surface area contributed by atoms with Crippen LogP contribution < -0.4 is 5.73 Å². The number of nitrogen functional groups attached to an aromatic ring is 1. The van der Waals surface area contributed by atoms with Crippen molar-refractivity contribution >= 4 is 11.7 Å². The van der Waals surface area contributed by atoms with Gasteiger partial charge in [-0.3, -0.25) is 9.89 Å². The number of likely N-dealkylation sites (N-methyl/N-ethyl adjacent to an activating group) is 1. The average Bonchev–Trinajstić information content (AvgIpc) is 2.83. The molecule has 3 N–H and O–H groups in total. The lowest BCUT2D eigenvalue weighted by molar-refractivity contribution is -0.130. The third-order valence-corrected chi connectivity index (χ3v) is 3.48. The van der Waals surface area contributed by atoms with E-state index in [9.17, 15) is 9.18 Å². The van der Waals surface area contributed by atoms with Crippen LogP contribution in [0.4, 0.5) is 10.2 Å². The fraction of sp³-hybridized carbons (Fsp3) is 0.333. The molecule has 6 heteroatoms. The van der Waals surface area contributed by atoms with Crippen molar-refractivity contribution in [1.82, 2.24) is 15.1 Å². The van der Waals surface area contributed by atoms with E-state index < -0.39 is 0 Å². The van der Waals surface area contributed by atoms with Gasteiger partial charge in [-0.2, -0.15) is 5.10 Å². The third kappa shape index (κ3) is 3.21. The predicted octanol–water partition coefficient (Wildman–Crippen LogP) is 2.21. The number of nitrogens with two attached hydrogens (primary N) is 1. The minimum atomic E-state index is -0.313. The van der Waals surface area contributed by atoms with Crippen molar-refractivity contribution in [2.24, 2.45) is 0 Å². The first-order chi connectivity index (χ1) is 10.1. The Kier molecular flexibility index (Phi) is 4.57. The molecule has 5 nitrogen and oxygen atoms in total. The van der Waals surface area contributed by atoms with Crippen LogP contribution in [0.15, 0.2) is 24.3 Å². The Bertz CT molecular complexity index is 617. The summed E-state index contributed by atoms with van der Waals surface area (Å²) in [6, 6.07) is 5.99. The van der Waals surface area contributed by atoms with Gasteiger partial charge < -0.3 is 10.6 Å². The molecule has 0 saturated carbocycles. The van der Waals surface area contributed by atoms with Crippen LogP contribution in [-0.4, -0.2) is 34.1 Å². The van der Waals surface area contributed by atoms with Gasteiger partial charge in [-0.1, -0.05) is 0 Å². The number of aromatic nitrogens is 2. The maximum absolute atomic E-state index is 13.0. The zero-order chi connectivity index (χ0) is 15.4. The van der Waals surface area contributed by atoms with Gasteiger partial charge >= 0.3 is 0 Å². The Labute approximate surface area is 123 Å².